The first-order valence-electron chi connectivity index (χ1n) is 6.08. The molecule has 1 heterocycles. The maximum atomic E-state index is 13.0. The van der Waals surface area contributed by atoms with Crippen molar-refractivity contribution in [3.63, 3.8) is 0 Å². The van der Waals surface area contributed by atoms with Crippen LogP contribution in [-0.2, 0) is 0 Å². The Bertz CT molecular complexity index is 524. The number of H-pyrrole nitrogens is 1. The van der Waals surface area contributed by atoms with Crippen LogP contribution in [0.4, 0.5) is 10.3 Å². The summed E-state index contributed by atoms with van der Waals surface area (Å²) in [4.78, 5) is 7.34. The van der Waals surface area contributed by atoms with E-state index >= 15 is 0 Å². The van der Waals surface area contributed by atoms with Crippen molar-refractivity contribution in [3.8, 4) is 0 Å². The molecule has 0 bridgehead atoms. The number of hydrogen-bond acceptors (Lipinski definition) is 2. The normalized spacial score (nSPS) is 13.2. The standard InChI is InChI=1S/C13H17ClFN3/c1-8(2)5-9(14)7-16-13-17-11-4-3-10(15)6-12(11)18-13/h3-4,6,8-9H,5,7H2,1-2H3,(H2,16,17,18). The van der Waals surface area contributed by atoms with E-state index in [1.807, 2.05) is 0 Å². The first kappa shape index (κ1) is 13.1. The summed E-state index contributed by atoms with van der Waals surface area (Å²) in [6, 6.07) is 4.48. The Morgan fingerprint density at radius 3 is 2.94 bits per heavy atom. The quantitative estimate of drug-likeness (QED) is 0.812. The Morgan fingerprint density at radius 2 is 2.22 bits per heavy atom. The van der Waals surface area contributed by atoms with Crippen molar-refractivity contribution in [1.82, 2.24) is 9.97 Å². The molecule has 0 aliphatic rings. The summed E-state index contributed by atoms with van der Waals surface area (Å²) in [6.45, 7) is 4.92. The van der Waals surface area contributed by atoms with Crippen molar-refractivity contribution >= 4 is 28.6 Å². The molecule has 1 atom stereocenters. The average Bonchev–Trinajstić information content (AvgIpc) is 2.67. The number of hydrogen-bond donors (Lipinski definition) is 2. The minimum atomic E-state index is -0.271. The first-order chi connectivity index (χ1) is 8.54. The Balaban J connectivity index is 1.99. The molecule has 0 aliphatic carbocycles. The zero-order valence-electron chi connectivity index (χ0n) is 10.5. The van der Waals surface area contributed by atoms with Gasteiger partial charge in [-0.15, -0.1) is 11.6 Å². The fourth-order valence-corrected chi connectivity index (χ4v) is 2.30. The van der Waals surface area contributed by atoms with E-state index in [1.165, 1.54) is 12.1 Å². The number of imidazole rings is 1. The lowest BCUT2D eigenvalue weighted by molar-refractivity contribution is 0.572. The van der Waals surface area contributed by atoms with Crippen LogP contribution in [0.5, 0.6) is 0 Å². The van der Waals surface area contributed by atoms with Crippen LogP contribution in [0, 0.1) is 11.7 Å². The van der Waals surface area contributed by atoms with E-state index < -0.39 is 0 Å². The molecule has 1 aromatic heterocycles. The van der Waals surface area contributed by atoms with Crippen LogP contribution in [-0.4, -0.2) is 21.9 Å². The SMILES string of the molecule is CC(C)CC(Cl)CNc1nc2ccc(F)cc2[nH]1. The molecule has 0 saturated carbocycles. The number of aromatic nitrogens is 2. The summed E-state index contributed by atoms with van der Waals surface area (Å²) in [5.41, 5.74) is 1.43. The van der Waals surface area contributed by atoms with Crippen LogP contribution in [0.2, 0.25) is 0 Å². The number of nitrogens with one attached hydrogen (secondary N) is 2. The predicted octanol–water partition coefficient (Wildman–Crippen LogP) is 3.77. The van der Waals surface area contributed by atoms with Crippen LogP contribution >= 0.6 is 11.6 Å². The lowest BCUT2D eigenvalue weighted by atomic mass is 10.1. The summed E-state index contributed by atoms with van der Waals surface area (Å²) in [5.74, 6) is 0.928. The molecular formula is C13H17ClFN3. The molecule has 98 valence electrons. The molecule has 0 fully saturated rings. The number of anilines is 1. The highest BCUT2D eigenvalue weighted by Crippen LogP contribution is 2.16. The number of aromatic amines is 1. The fourth-order valence-electron chi connectivity index (χ4n) is 1.87. The van der Waals surface area contributed by atoms with Crippen LogP contribution in [0.15, 0.2) is 18.2 Å². The summed E-state index contributed by atoms with van der Waals surface area (Å²) in [7, 11) is 0. The second-order valence-corrected chi connectivity index (χ2v) is 5.47. The van der Waals surface area contributed by atoms with E-state index in [1.54, 1.807) is 6.07 Å². The van der Waals surface area contributed by atoms with Gasteiger partial charge in [-0.25, -0.2) is 9.37 Å². The molecule has 3 nitrogen and oxygen atoms in total. The van der Waals surface area contributed by atoms with Crippen molar-refractivity contribution in [3.05, 3.63) is 24.0 Å². The largest absolute Gasteiger partial charge is 0.354 e. The van der Waals surface area contributed by atoms with Gasteiger partial charge in [0.1, 0.15) is 5.82 Å². The van der Waals surface area contributed by atoms with E-state index in [2.05, 4.69) is 29.1 Å². The molecule has 0 saturated heterocycles. The molecule has 5 heteroatoms. The molecule has 0 aliphatic heterocycles. The highest BCUT2D eigenvalue weighted by Gasteiger charge is 2.09. The Labute approximate surface area is 111 Å². The van der Waals surface area contributed by atoms with Gasteiger partial charge in [0.25, 0.3) is 0 Å². The van der Waals surface area contributed by atoms with Crippen molar-refractivity contribution < 1.29 is 4.39 Å². The van der Waals surface area contributed by atoms with Crippen molar-refractivity contribution in [2.24, 2.45) is 5.92 Å². The summed E-state index contributed by atoms with van der Waals surface area (Å²) >= 11 is 6.19. The van der Waals surface area contributed by atoms with E-state index in [9.17, 15) is 4.39 Å². The van der Waals surface area contributed by atoms with Gasteiger partial charge in [-0.1, -0.05) is 13.8 Å². The minimum absolute atomic E-state index is 0.0648. The third kappa shape index (κ3) is 3.35. The molecule has 2 N–H and O–H groups in total. The first-order valence-corrected chi connectivity index (χ1v) is 6.51. The number of halogens is 2. The van der Waals surface area contributed by atoms with Gasteiger partial charge in [0.05, 0.1) is 16.4 Å². The van der Waals surface area contributed by atoms with Crippen LogP contribution < -0.4 is 5.32 Å². The summed E-state index contributed by atoms with van der Waals surface area (Å²) in [5, 5.41) is 3.20. The van der Waals surface area contributed by atoms with E-state index in [0.717, 1.165) is 11.9 Å². The lowest BCUT2D eigenvalue weighted by Crippen LogP contribution is -2.16. The second kappa shape index (κ2) is 5.57. The van der Waals surface area contributed by atoms with Gasteiger partial charge in [-0.05, 0) is 30.5 Å². The summed E-state index contributed by atoms with van der Waals surface area (Å²) in [6.07, 6.45) is 0.948. The Morgan fingerprint density at radius 1 is 1.44 bits per heavy atom. The Hall–Kier alpha value is -1.29. The average molecular weight is 270 g/mol. The van der Waals surface area contributed by atoms with Crippen molar-refractivity contribution in [1.29, 1.82) is 0 Å². The van der Waals surface area contributed by atoms with E-state index in [-0.39, 0.29) is 11.2 Å². The molecule has 1 unspecified atom stereocenters. The van der Waals surface area contributed by atoms with Crippen LogP contribution in [0.25, 0.3) is 11.0 Å². The molecule has 1 aromatic carbocycles. The third-order valence-corrected chi connectivity index (χ3v) is 2.99. The molecule has 0 amide bonds. The molecule has 2 rings (SSSR count). The number of alkyl halides is 1. The molecule has 0 spiro atoms. The molecule has 18 heavy (non-hydrogen) atoms. The van der Waals surface area contributed by atoms with Crippen LogP contribution in [0.3, 0.4) is 0 Å². The maximum absolute atomic E-state index is 13.0. The van der Waals surface area contributed by atoms with Gasteiger partial charge in [0, 0.05) is 6.54 Å². The highest BCUT2D eigenvalue weighted by molar-refractivity contribution is 6.20. The van der Waals surface area contributed by atoms with Gasteiger partial charge in [-0.2, -0.15) is 0 Å². The smallest absolute Gasteiger partial charge is 0.201 e. The molecule has 0 radical (unpaired) electrons. The van der Waals surface area contributed by atoms with Crippen molar-refractivity contribution in [2.45, 2.75) is 25.6 Å². The van der Waals surface area contributed by atoms with Crippen LogP contribution in [0.1, 0.15) is 20.3 Å². The van der Waals surface area contributed by atoms with Gasteiger partial charge in [0.2, 0.25) is 5.95 Å². The topological polar surface area (TPSA) is 40.7 Å². The van der Waals surface area contributed by atoms with Crippen molar-refractivity contribution in [2.75, 3.05) is 11.9 Å². The summed E-state index contributed by atoms with van der Waals surface area (Å²) < 4.78 is 13.0. The highest BCUT2D eigenvalue weighted by atomic mass is 35.5. The second-order valence-electron chi connectivity index (χ2n) is 4.85. The third-order valence-electron chi connectivity index (χ3n) is 2.66. The number of benzene rings is 1. The molecule has 2 aromatic rings. The van der Waals surface area contributed by atoms with Gasteiger partial charge in [0.15, 0.2) is 0 Å². The minimum Gasteiger partial charge on any atom is -0.354 e. The zero-order valence-corrected chi connectivity index (χ0v) is 11.3. The number of fused-ring (bicyclic) bond motifs is 1. The lowest BCUT2D eigenvalue weighted by Gasteiger charge is -2.12. The fraction of sp³-hybridized carbons (Fsp3) is 0.462. The maximum Gasteiger partial charge on any atom is 0.201 e. The van der Waals surface area contributed by atoms with Gasteiger partial charge < -0.3 is 10.3 Å². The number of nitrogens with zero attached hydrogens (tertiary/aromatic N) is 1. The number of rotatable bonds is 5. The predicted molar refractivity (Wildman–Crippen MR) is 73.6 cm³/mol. The van der Waals surface area contributed by atoms with Gasteiger partial charge >= 0.3 is 0 Å². The Kier molecular flexibility index (Phi) is 4.07. The van der Waals surface area contributed by atoms with Gasteiger partial charge in [-0.3, -0.25) is 0 Å². The zero-order chi connectivity index (χ0) is 13.1. The van der Waals surface area contributed by atoms with E-state index in [4.69, 9.17) is 11.6 Å². The monoisotopic (exact) mass is 269 g/mol. The molecular weight excluding hydrogens is 253 g/mol. The van der Waals surface area contributed by atoms with E-state index in [0.29, 0.717) is 23.9 Å².